The first-order valence-corrected chi connectivity index (χ1v) is 9.42. The van der Waals surface area contributed by atoms with Crippen LogP contribution in [0, 0.1) is 0 Å². The number of fused-ring (bicyclic) bond motifs is 1. The van der Waals surface area contributed by atoms with Crippen molar-refractivity contribution in [3.63, 3.8) is 0 Å². The molecule has 0 unspecified atom stereocenters. The molecule has 1 saturated carbocycles. The first kappa shape index (κ1) is 16.6. The number of nitrogens with zero attached hydrogens (tertiary/aromatic N) is 4. The molecule has 1 aliphatic carbocycles. The van der Waals surface area contributed by atoms with Gasteiger partial charge in [-0.3, -0.25) is 4.79 Å². The number of benzene rings is 3. The summed E-state index contributed by atoms with van der Waals surface area (Å²) in [6.07, 6.45) is 2.59. The number of aromatic nitrogens is 4. The van der Waals surface area contributed by atoms with Gasteiger partial charge in [-0.15, -0.1) is 5.10 Å². The van der Waals surface area contributed by atoms with Gasteiger partial charge in [0.25, 0.3) is 0 Å². The maximum Gasteiger partial charge on any atom is 0.228 e. The van der Waals surface area contributed by atoms with E-state index >= 15 is 0 Å². The molecular weight excluding hydrogens is 350 g/mol. The average molecular weight is 369 g/mol. The minimum Gasteiger partial charge on any atom is -0.326 e. The fourth-order valence-corrected chi connectivity index (χ4v) is 3.39. The molecule has 0 bridgehead atoms. The van der Waals surface area contributed by atoms with Crippen molar-refractivity contribution >= 4 is 22.4 Å². The van der Waals surface area contributed by atoms with Crippen LogP contribution < -0.4 is 5.32 Å². The van der Waals surface area contributed by atoms with Crippen LogP contribution in [0.2, 0.25) is 0 Å². The third-order valence-corrected chi connectivity index (χ3v) is 4.99. The predicted molar refractivity (Wildman–Crippen MR) is 108 cm³/mol. The third-order valence-electron chi connectivity index (χ3n) is 4.99. The van der Waals surface area contributed by atoms with Crippen LogP contribution in [-0.2, 0) is 11.2 Å². The second-order valence-corrected chi connectivity index (χ2v) is 7.16. The number of rotatable bonds is 5. The Kier molecular flexibility index (Phi) is 4.09. The molecule has 1 aliphatic rings. The quantitative estimate of drug-likeness (QED) is 0.577. The van der Waals surface area contributed by atoms with Crippen molar-refractivity contribution in [2.45, 2.75) is 25.3 Å². The van der Waals surface area contributed by atoms with Crippen molar-refractivity contribution in [2.24, 2.45) is 0 Å². The summed E-state index contributed by atoms with van der Waals surface area (Å²) in [4.78, 5) is 12.4. The molecule has 0 atom stereocenters. The normalized spacial score (nSPS) is 13.6. The average Bonchev–Trinajstić information content (AvgIpc) is 3.45. The summed E-state index contributed by atoms with van der Waals surface area (Å²) >= 11 is 0. The summed E-state index contributed by atoms with van der Waals surface area (Å²) < 4.78 is 1.88. The topological polar surface area (TPSA) is 72.7 Å². The van der Waals surface area contributed by atoms with Crippen LogP contribution in [0.25, 0.3) is 22.2 Å². The van der Waals surface area contributed by atoms with Gasteiger partial charge in [0.1, 0.15) is 0 Å². The Morgan fingerprint density at radius 2 is 1.79 bits per heavy atom. The van der Waals surface area contributed by atoms with E-state index in [-0.39, 0.29) is 5.91 Å². The van der Waals surface area contributed by atoms with E-state index in [1.54, 1.807) is 0 Å². The summed E-state index contributed by atoms with van der Waals surface area (Å²) in [5.74, 6) is 0.738. The fraction of sp³-hybridized carbons (Fsp3) is 0.182. The monoisotopic (exact) mass is 369 g/mol. The lowest BCUT2D eigenvalue weighted by atomic mass is 10.0. The molecule has 28 heavy (non-hydrogen) atoms. The second kappa shape index (κ2) is 6.88. The highest BCUT2D eigenvalue weighted by Gasteiger charge is 2.28. The Morgan fingerprint density at radius 1 is 1.00 bits per heavy atom. The van der Waals surface area contributed by atoms with Crippen molar-refractivity contribution in [3.05, 3.63) is 72.3 Å². The summed E-state index contributed by atoms with van der Waals surface area (Å²) in [5.41, 5.74) is 2.71. The van der Waals surface area contributed by atoms with Gasteiger partial charge in [-0.25, -0.2) is 4.68 Å². The van der Waals surface area contributed by atoms with Crippen molar-refractivity contribution < 1.29 is 4.79 Å². The smallest absolute Gasteiger partial charge is 0.228 e. The lowest BCUT2D eigenvalue weighted by Crippen LogP contribution is -2.14. The van der Waals surface area contributed by atoms with Crippen LogP contribution in [0.1, 0.15) is 24.4 Å². The highest BCUT2D eigenvalue weighted by Crippen LogP contribution is 2.36. The van der Waals surface area contributed by atoms with Gasteiger partial charge >= 0.3 is 0 Å². The molecule has 0 spiro atoms. The second-order valence-electron chi connectivity index (χ2n) is 7.16. The molecule has 0 aliphatic heterocycles. The Balaban J connectivity index is 1.27. The van der Waals surface area contributed by atoms with Gasteiger partial charge in [-0.2, -0.15) is 0 Å². The van der Waals surface area contributed by atoms with Crippen molar-refractivity contribution in [1.82, 2.24) is 20.2 Å². The minimum absolute atomic E-state index is 0.0363. The molecule has 1 heterocycles. The molecule has 1 aromatic heterocycles. The van der Waals surface area contributed by atoms with Gasteiger partial charge in [0.05, 0.1) is 12.5 Å². The van der Waals surface area contributed by atoms with Crippen molar-refractivity contribution in [1.29, 1.82) is 0 Å². The Bertz CT molecular complexity index is 1150. The van der Waals surface area contributed by atoms with E-state index in [9.17, 15) is 4.79 Å². The van der Waals surface area contributed by atoms with E-state index in [2.05, 4.69) is 45.1 Å². The zero-order valence-electron chi connectivity index (χ0n) is 15.2. The van der Waals surface area contributed by atoms with Crippen molar-refractivity contribution in [2.75, 3.05) is 5.32 Å². The molecule has 1 amide bonds. The zero-order chi connectivity index (χ0) is 18.9. The van der Waals surface area contributed by atoms with E-state index in [0.29, 0.717) is 12.5 Å². The SMILES string of the molecule is O=C(Cc1ccc2ccccc2c1)Nc1ccc(-c2nnnn2C2CC2)cc1. The first-order valence-electron chi connectivity index (χ1n) is 9.42. The van der Waals surface area contributed by atoms with Gasteiger partial charge in [0, 0.05) is 11.3 Å². The number of carbonyl (C=O) groups is 1. The van der Waals surface area contributed by atoms with Crippen LogP contribution in [0.5, 0.6) is 0 Å². The zero-order valence-corrected chi connectivity index (χ0v) is 15.2. The number of carbonyl (C=O) groups excluding carboxylic acids is 1. The largest absolute Gasteiger partial charge is 0.326 e. The molecule has 5 rings (SSSR count). The lowest BCUT2D eigenvalue weighted by molar-refractivity contribution is -0.115. The standard InChI is InChI=1S/C22H19N5O/c28-21(14-15-5-6-16-3-1-2-4-18(16)13-15)23-19-9-7-17(8-10-19)22-24-25-26-27(22)20-11-12-20/h1-10,13,20H,11-12,14H2,(H,23,28). The molecule has 1 N–H and O–H groups in total. The van der Waals surface area contributed by atoms with Gasteiger partial charge in [-0.05, 0) is 63.9 Å². The van der Waals surface area contributed by atoms with Gasteiger partial charge in [-0.1, -0.05) is 42.5 Å². The molecule has 3 aromatic carbocycles. The summed E-state index contributed by atoms with van der Waals surface area (Å²) in [6.45, 7) is 0. The van der Waals surface area contributed by atoms with Gasteiger partial charge in [0.2, 0.25) is 5.91 Å². The Hall–Kier alpha value is -3.54. The maximum atomic E-state index is 12.4. The van der Waals surface area contributed by atoms with Crippen LogP contribution >= 0.6 is 0 Å². The predicted octanol–water partition coefficient (Wildman–Crippen LogP) is 4.01. The number of nitrogens with one attached hydrogen (secondary N) is 1. The van der Waals surface area contributed by atoms with Crippen LogP contribution in [0.15, 0.2) is 66.7 Å². The van der Waals surface area contributed by atoms with Crippen LogP contribution in [-0.4, -0.2) is 26.1 Å². The Labute approximate surface area is 162 Å². The molecule has 6 heteroatoms. The Morgan fingerprint density at radius 3 is 2.57 bits per heavy atom. The van der Waals surface area contributed by atoms with E-state index in [4.69, 9.17) is 0 Å². The minimum atomic E-state index is -0.0363. The number of tetrazole rings is 1. The fourth-order valence-electron chi connectivity index (χ4n) is 3.39. The van der Waals surface area contributed by atoms with E-state index in [1.807, 2.05) is 47.1 Å². The molecule has 1 fully saturated rings. The molecule has 6 nitrogen and oxygen atoms in total. The van der Waals surface area contributed by atoms with E-state index in [1.165, 1.54) is 5.39 Å². The summed E-state index contributed by atoms with van der Waals surface area (Å²) in [7, 11) is 0. The van der Waals surface area contributed by atoms with Gasteiger partial charge < -0.3 is 5.32 Å². The summed E-state index contributed by atoms with van der Waals surface area (Å²) in [6, 6.07) is 22.4. The molecular formula is C22H19N5O. The lowest BCUT2D eigenvalue weighted by Gasteiger charge is -2.08. The van der Waals surface area contributed by atoms with E-state index < -0.39 is 0 Å². The number of anilines is 1. The van der Waals surface area contributed by atoms with Gasteiger partial charge in [0.15, 0.2) is 5.82 Å². The molecule has 138 valence electrons. The first-order chi connectivity index (χ1) is 13.8. The van der Waals surface area contributed by atoms with Crippen LogP contribution in [0.4, 0.5) is 5.69 Å². The third kappa shape index (κ3) is 3.36. The number of hydrogen-bond donors (Lipinski definition) is 1. The molecule has 4 aromatic rings. The number of hydrogen-bond acceptors (Lipinski definition) is 4. The van der Waals surface area contributed by atoms with Crippen LogP contribution in [0.3, 0.4) is 0 Å². The van der Waals surface area contributed by atoms with E-state index in [0.717, 1.165) is 40.9 Å². The molecule has 0 saturated heterocycles. The summed E-state index contributed by atoms with van der Waals surface area (Å²) in [5, 5.41) is 17.3. The molecule has 0 radical (unpaired) electrons. The number of amides is 1. The highest BCUT2D eigenvalue weighted by atomic mass is 16.1. The van der Waals surface area contributed by atoms with Crippen molar-refractivity contribution in [3.8, 4) is 11.4 Å². The highest BCUT2D eigenvalue weighted by molar-refractivity contribution is 5.93. The maximum absolute atomic E-state index is 12.4.